The standard InChI is InChI=1S/C14H26O7S.Na.H/c1-2-3-4-5-6-7-8-9-10-14(13(17)18,11-12(15)16)22(19,20)21;;/h2-11H2,1H3,(H,15,16)(H,17,18)(H,19,20,21);;. The molecule has 0 bridgehead atoms. The van der Waals surface area contributed by atoms with Crippen LogP contribution in [0, 0.1) is 0 Å². The first-order valence-corrected chi connectivity index (χ1v) is 9.03. The molecule has 0 heterocycles. The normalized spacial score (nSPS) is 13.8. The number of rotatable bonds is 13. The van der Waals surface area contributed by atoms with Crippen molar-refractivity contribution in [2.45, 2.75) is 75.9 Å². The third-order valence-corrected chi connectivity index (χ3v) is 5.27. The first-order chi connectivity index (χ1) is 10.2. The summed E-state index contributed by atoms with van der Waals surface area (Å²) in [5, 5.41) is 17.9. The van der Waals surface area contributed by atoms with Gasteiger partial charge in [-0.05, 0) is 6.42 Å². The van der Waals surface area contributed by atoms with Crippen molar-refractivity contribution >= 4 is 51.6 Å². The Balaban J connectivity index is 0. The van der Waals surface area contributed by atoms with Gasteiger partial charge in [-0.2, -0.15) is 8.42 Å². The van der Waals surface area contributed by atoms with E-state index in [1.807, 2.05) is 0 Å². The Hall–Kier alpha value is -0.150. The molecule has 3 N–H and O–H groups in total. The number of aliphatic carboxylic acids is 2. The van der Waals surface area contributed by atoms with E-state index >= 15 is 0 Å². The Morgan fingerprint density at radius 2 is 1.35 bits per heavy atom. The molecular formula is C14H27NaO7S. The van der Waals surface area contributed by atoms with Gasteiger partial charge in [0.05, 0.1) is 6.42 Å². The summed E-state index contributed by atoms with van der Waals surface area (Å²) < 4.78 is 29.3. The van der Waals surface area contributed by atoms with Crippen LogP contribution in [0.5, 0.6) is 0 Å². The monoisotopic (exact) mass is 362 g/mol. The van der Waals surface area contributed by atoms with Crippen molar-refractivity contribution in [2.75, 3.05) is 0 Å². The Kier molecular flexibility index (Phi) is 13.4. The van der Waals surface area contributed by atoms with Crippen molar-refractivity contribution < 1.29 is 32.8 Å². The van der Waals surface area contributed by atoms with Gasteiger partial charge in [-0.1, -0.05) is 58.3 Å². The molecule has 0 aliphatic rings. The van der Waals surface area contributed by atoms with Crippen LogP contribution in [0.1, 0.15) is 71.1 Å². The van der Waals surface area contributed by atoms with Crippen LogP contribution in [0.15, 0.2) is 0 Å². The van der Waals surface area contributed by atoms with Crippen LogP contribution in [0.3, 0.4) is 0 Å². The molecule has 0 saturated heterocycles. The first kappa shape index (κ1) is 25.1. The quantitative estimate of drug-likeness (QED) is 0.260. The molecule has 7 nitrogen and oxygen atoms in total. The second kappa shape index (κ2) is 12.2. The average molecular weight is 362 g/mol. The molecule has 0 aliphatic carbocycles. The van der Waals surface area contributed by atoms with E-state index in [-0.39, 0.29) is 36.0 Å². The minimum absolute atomic E-state index is 0. The maximum absolute atomic E-state index is 11.4. The molecule has 0 amide bonds. The molecule has 0 aromatic carbocycles. The molecule has 0 aromatic rings. The first-order valence-electron chi connectivity index (χ1n) is 7.59. The second-order valence-corrected chi connectivity index (χ2v) is 7.30. The molecule has 0 rings (SSSR count). The van der Waals surface area contributed by atoms with Crippen molar-refractivity contribution in [1.82, 2.24) is 0 Å². The van der Waals surface area contributed by atoms with Crippen LogP contribution in [0.2, 0.25) is 0 Å². The van der Waals surface area contributed by atoms with Crippen molar-refractivity contribution in [2.24, 2.45) is 0 Å². The molecule has 23 heavy (non-hydrogen) atoms. The predicted molar refractivity (Wildman–Crippen MR) is 88.5 cm³/mol. The number of unbranched alkanes of at least 4 members (excludes halogenated alkanes) is 7. The third kappa shape index (κ3) is 9.05. The number of hydrogen-bond donors (Lipinski definition) is 3. The molecule has 0 radical (unpaired) electrons. The number of carbonyl (C=O) groups is 2. The van der Waals surface area contributed by atoms with Crippen molar-refractivity contribution in [3.8, 4) is 0 Å². The van der Waals surface area contributed by atoms with Gasteiger partial charge in [0.25, 0.3) is 10.1 Å². The van der Waals surface area contributed by atoms with E-state index in [0.29, 0.717) is 6.42 Å². The number of carboxylic acid groups (broad SMARTS) is 2. The molecular weight excluding hydrogens is 335 g/mol. The van der Waals surface area contributed by atoms with Gasteiger partial charge in [-0.3, -0.25) is 14.1 Å². The summed E-state index contributed by atoms with van der Waals surface area (Å²) in [6.07, 6.45) is 5.64. The molecule has 0 spiro atoms. The van der Waals surface area contributed by atoms with Crippen LogP contribution < -0.4 is 0 Å². The fraction of sp³-hybridized carbons (Fsp3) is 0.857. The van der Waals surface area contributed by atoms with Crippen LogP contribution in [0.25, 0.3) is 0 Å². The van der Waals surface area contributed by atoms with E-state index in [0.717, 1.165) is 32.1 Å². The second-order valence-electron chi connectivity index (χ2n) is 5.57. The summed E-state index contributed by atoms with van der Waals surface area (Å²) >= 11 is 0. The Bertz CT molecular complexity index is 464. The van der Waals surface area contributed by atoms with E-state index in [2.05, 4.69) is 6.92 Å². The predicted octanol–water partition coefficient (Wildman–Crippen LogP) is 2.05. The maximum atomic E-state index is 11.4. The number of hydrogen-bond acceptors (Lipinski definition) is 4. The zero-order valence-electron chi connectivity index (χ0n) is 13.0. The summed E-state index contributed by atoms with van der Waals surface area (Å²) in [4.78, 5) is 22.0. The van der Waals surface area contributed by atoms with Gasteiger partial charge in [0.15, 0.2) is 0 Å². The van der Waals surface area contributed by atoms with E-state index in [1.54, 1.807) is 0 Å². The molecule has 1 atom stereocenters. The summed E-state index contributed by atoms with van der Waals surface area (Å²) in [7, 11) is -5.01. The van der Waals surface area contributed by atoms with Gasteiger partial charge in [0.2, 0.25) is 4.75 Å². The van der Waals surface area contributed by atoms with Crippen LogP contribution in [-0.4, -0.2) is 69.4 Å². The van der Waals surface area contributed by atoms with Crippen LogP contribution >= 0.6 is 0 Å². The Labute approximate surface area is 159 Å². The van der Waals surface area contributed by atoms with Gasteiger partial charge in [0, 0.05) is 0 Å². The fourth-order valence-corrected chi connectivity index (χ4v) is 3.32. The van der Waals surface area contributed by atoms with E-state index < -0.39 is 39.6 Å². The zero-order chi connectivity index (χ0) is 17.2. The van der Waals surface area contributed by atoms with E-state index in [9.17, 15) is 22.6 Å². The van der Waals surface area contributed by atoms with Gasteiger partial charge in [-0.25, -0.2) is 0 Å². The molecule has 0 fully saturated rings. The van der Waals surface area contributed by atoms with Crippen molar-refractivity contribution in [3.63, 3.8) is 0 Å². The Morgan fingerprint density at radius 3 is 1.70 bits per heavy atom. The molecule has 132 valence electrons. The zero-order valence-corrected chi connectivity index (χ0v) is 13.8. The average Bonchev–Trinajstić information content (AvgIpc) is 2.38. The molecule has 0 saturated carbocycles. The van der Waals surface area contributed by atoms with Crippen LogP contribution in [-0.2, 0) is 19.7 Å². The summed E-state index contributed by atoms with van der Waals surface area (Å²) in [6, 6.07) is 0. The summed E-state index contributed by atoms with van der Waals surface area (Å²) in [6.45, 7) is 2.11. The molecule has 1 unspecified atom stereocenters. The topological polar surface area (TPSA) is 129 Å². The molecule has 9 heteroatoms. The van der Waals surface area contributed by atoms with Crippen molar-refractivity contribution in [3.05, 3.63) is 0 Å². The third-order valence-electron chi connectivity index (χ3n) is 3.75. The van der Waals surface area contributed by atoms with Gasteiger partial charge < -0.3 is 10.2 Å². The van der Waals surface area contributed by atoms with E-state index in [1.165, 1.54) is 6.42 Å². The summed E-state index contributed by atoms with van der Waals surface area (Å²) in [5.41, 5.74) is 0. The Morgan fingerprint density at radius 1 is 0.913 bits per heavy atom. The van der Waals surface area contributed by atoms with Crippen LogP contribution in [0.4, 0.5) is 0 Å². The van der Waals surface area contributed by atoms with Gasteiger partial charge >= 0.3 is 41.5 Å². The number of carboxylic acids is 2. The minimum atomic E-state index is -5.01. The fourth-order valence-electron chi connectivity index (χ4n) is 2.39. The van der Waals surface area contributed by atoms with Gasteiger partial charge in [-0.15, -0.1) is 0 Å². The molecule has 0 aliphatic heterocycles. The van der Waals surface area contributed by atoms with E-state index in [4.69, 9.17) is 10.2 Å². The summed E-state index contributed by atoms with van der Waals surface area (Å²) in [5.74, 6) is -3.39. The SMILES string of the molecule is CCCCCCCCCCC(CC(=O)O)(C(=O)O)S(=O)(=O)O.[NaH]. The molecule has 0 aromatic heterocycles. The van der Waals surface area contributed by atoms with Crippen molar-refractivity contribution in [1.29, 1.82) is 0 Å². The van der Waals surface area contributed by atoms with Gasteiger partial charge in [0.1, 0.15) is 0 Å².